The number of hydrogen-bond donors (Lipinski definition) is 7. The molecule has 11 fully saturated rings. The Morgan fingerprint density at radius 3 is 0.926 bits per heavy atom. The number of tetrazole rings is 3. The Bertz CT molecular complexity index is 6200. The van der Waals surface area contributed by atoms with Crippen molar-refractivity contribution in [2.75, 3.05) is 63.8 Å². The van der Waals surface area contributed by atoms with Gasteiger partial charge in [-0.15, -0.1) is 0 Å². The van der Waals surface area contributed by atoms with E-state index in [0.29, 0.717) is 99.3 Å². The van der Waals surface area contributed by atoms with Crippen molar-refractivity contribution in [2.24, 2.45) is 21.1 Å². The van der Waals surface area contributed by atoms with Gasteiger partial charge in [0, 0.05) is 116 Å². The number of piperidine rings is 4. The first-order chi connectivity index (χ1) is 65.0. The van der Waals surface area contributed by atoms with Crippen molar-refractivity contribution >= 4 is 98.2 Å². The Balaban J connectivity index is 0.000000122. The van der Waals surface area contributed by atoms with Crippen LogP contribution < -0.4 is 54.7 Å². The molecule has 0 unspecified atom stereocenters. The minimum absolute atomic E-state index is 0.00644. The Morgan fingerprint density at radius 1 is 0.382 bits per heavy atom. The molecule has 3 aromatic carbocycles. The van der Waals surface area contributed by atoms with Crippen LogP contribution >= 0.6 is 23.2 Å². The largest absolute Gasteiger partial charge is 0.396 e. The summed E-state index contributed by atoms with van der Waals surface area (Å²) in [6.45, 7) is 52.7. The number of halogens is 5. The zero-order valence-electron chi connectivity index (χ0n) is 78.2. The number of nitrogen functional groups attached to an aromatic ring is 1. The summed E-state index contributed by atoms with van der Waals surface area (Å²) in [5.74, 6) is 1.56. The Kier molecular flexibility index (Phi) is 27.2. The highest BCUT2D eigenvalue weighted by Gasteiger charge is 2.48. The van der Waals surface area contributed by atoms with Crippen LogP contribution in [0.5, 0.6) is 0 Å². The number of nitrogens with one attached hydrogen (secondary N) is 6. The molecule has 43 heteroatoms. The van der Waals surface area contributed by atoms with E-state index >= 15 is 8.78 Å². The summed E-state index contributed by atoms with van der Waals surface area (Å²) in [5, 5.41) is 43.1. The fraction of sp³-hybridized carbons (Fsp3) is 0.559. The molecule has 8 atom stereocenters. The van der Waals surface area contributed by atoms with Crippen LogP contribution in [0.3, 0.4) is 0 Å². The molecule has 21 rings (SSSR count). The lowest BCUT2D eigenvalue weighted by Gasteiger charge is -2.48. The van der Waals surface area contributed by atoms with E-state index in [2.05, 4.69) is 197 Å². The van der Waals surface area contributed by atoms with E-state index in [4.69, 9.17) is 55.2 Å². The predicted molar refractivity (Wildman–Crippen MR) is 512 cm³/mol. The molecule has 3 saturated carbocycles. The van der Waals surface area contributed by atoms with Crippen LogP contribution in [-0.2, 0) is 21.1 Å². The maximum atomic E-state index is 15.2. The maximum absolute atomic E-state index is 15.2. The number of benzene rings is 3. The summed E-state index contributed by atoms with van der Waals surface area (Å²) in [6, 6.07) is 12.1. The minimum Gasteiger partial charge on any atom is -0.396 e. The smallest absolute Gasteiger partial charge is 0.368 e. The number of fused-ring (bicyclic) bond motifs is 4. The van der Waals surface area contributed by atoms with E-state index in [0.717, 1.165) is 138 Å². The van der Waals surface area contributed by atoms with E-state index in [1.165, 1.54) is 144 Å². The summed E-state index contributed by atoms with van der Waals surface area (Å²) in [7, 11) is 4.55. The molecule has 7 aromatic heterocycles. The molecule has 0 bridgehead atoms. The molecule has 15 heterocycles. The van der Waals surface area contributed by atoms with Gasteiger partial charge in [0.25, 0.3) is 0 Å². The third-order valence-corrected chi connectivity index (χ3v) is 28.8. The molecule has 0 amide bonds. The van der Waals surface area contributed by atoms with Crippen molar-refractivity contribution < 1.29 is 13.2 Å². The number of anilines is 9. The Hall–Kier alpha value is -12.6. The van der Waals surface area contributed by atoms with E-state index in [-0.39, 0.29) is 97.2 Å². The Morgan fingerprint density at radius 2 is 0.654 bits per heavy atom. The van der Waals surface area contributed by atoms with Crippen LogP contribution in [0.15, 0.2) is 75.6 Å². The van der Waals surface area contributed by atoms with Crippen LogP contribution in [0.1, 0.15) is 231 Å². The average Bonchev–Trinajstić information content (AvgIpc) is 1.69. The van der Waals surface area contributed by atoms with Gasteiger partial charge in [0.2, 0.25) is 45.2 Å². The average molecular weight is 1900 g/mol. The lowest BCUT2D eigenvalue weighted by Crippen LogP contribution is -2.55. The van der Waals surface area contributed by atoms with E-state index in [9.17, 15) is 18.8 Å². The number of hydrogen-bond acceptors (Lipinski definition) is 28. The van der Waals surface area contributed by atoms with Crippen LogP contribution in [-0.4, -0.2) is 216 Å². The van der Waals surface area contributed by atoms with Crippen molar-refractivity contribution in [3.8, 4) is 17.1 Å². The third-order valence-electron chi connectivity index (χ3n) is 28.5. The van der Waals surface area contributed by atoms with Crippen LogP contribution in [0.4, 0.5) is 88.2 Å². The van der Waals surface area contributed by atoms with Crippen molar-refractivity contribution in [3.63, 3.8) is 0 Å². The lowest BCUT2D eigenvalue weighted by molar-refractivity contribution is 0.0499. The molecular weight excluding hydrogens is 1780 g/mol. The third kappa shape index (κ3) is 20.7. The number of nitrogens with two attached hydrogens (primary N) is 1. The molecule has 10 aromatic rings. The van der Waals surface area contributed by atoms with Crippen molar-refractivity contribution in [2.45, 2.75) is 285 Å². The summed E-state index contributed by atoms with van der Waals surface area (Å²) in [6.07, 6.45) is 29.6. The summed E-state index contributed by atoms with van der Waals surface area (Å²) >= 11 is 11.7. The molecule has 8 N–H and O–H groups in total. The minimum atomic E-state index is -0.477. The van der Waals surface area contributed by atoms with Gasteiger partial charge in [-0.3, -0.25) is 19.6 Å². The first-order valence-electron chi connectivity index (χ1n) is 46.7. The first kappa shape index (κ1) is 95.1. The first-order valence-corrected chi connectivity index (χ1v) is 47.5. The van der Waals surface area contributed by atoms with Gasteiger partial charge >= 0.3 is 17.1 Å². The molecule has 11 aliphatic rings. The number of aromatic nitrogens is 20. The molecule has 8 saturated heterocycles. The maximum Gasteiger partial charge on any atom is 0.368 e. The highest BCUT2D eigenvalue weighted by molar-refractivity contribution is 6.28. The lowest BCUT2D eigenvalue weighted by atomic mass is 9.84. The fourth-order valence-electron chi connectivity index (χ4n) is 21.9. The van der Waals surface area contributed by atoms with Gasteiger partial charge in [-0.25, -0.2) is 86.8 Å². The van der Waals surface area contributed by atoms with E-state index in [1.54, 1.807) is 12.1 Å². The second kappa shape index (κ2) is 38.9. The second-order valence-corrected chi connectivity index (χ2v) is 40.7. The van der Waals surface area contributed by atoms with E-state index in [1.807, 2.05) is 0 Å². The van der Waals surface area contributed by atoms with Crippen LogP contribution in [0.25, 0.3) is 36.4 Å². The molecule has 136 heavy (non-hydrogen) atoms. The number of nitrogens with zero attached hydrogens (tertiary/aromatic N) is 28. The van der Waals surface area contributed by atoms with Crippen molar-refractivity contribution in [1.82, 2.24) is 119 Å². The zero-order valence-corrected chi connectivity index (χ0v) is 79.7. The highest BCUT2D eigenvalue weighted by atomic mass is 35.5. The van der Waals surface area contributed by atoms with Crippen LogP contribution in [0.2, 0.25) is 10.6 Å². The monoisotopic (exact) mass is 1900 g/mol. The van der Waals surface area contributed by atoms with Gasteiger partial charge < -0.3 is 37.6 Å². The molecule has 3 aliphatic carbocycles. The fourth-order valence-corrected chi connectivity index (χ4v) is 22.1. The van der Waals surface area contributed by atoms with Crippen LogP contribution in [0, 0.1) is 43.7 Å². The second-order valence-electron chi connectivity index (χ2n) is 40.1. The Labute approximate surface area is 795 Å². The SMILES string of the molecule is Cn1nnn(-c2cc(N)c(F)cc2C2CC2)c1=O.[C-]#[N+]c1cnc(Cl)nc1N[C@@H]1C[C@@H]2CCCN2C(C)(C)C1.[C-]#[N+]c1cnc(Cl)nc1N[C@H]1C[C@H]2CCCN2C(C)(C)C1.[C-]#[N+]c1cnc(Nc2cc(-n3nnn(C)c3=O)c(C3CC3)cc2F)nc1N[C@@H]1C[C@@H]2CCCN2C(C)(C)C1.[C-]#[N+]c1cnc(Nc2cc(-n3nnn(C)c3=O)c(C3CC3)cc2F)nc1N[C@H]1C[C@H]2CCCN2C(C)(C)C1. The van der Waals surface area contributed by atoms with Crippen molar-refractivity contribution in [1.29, 1.82) is 0 Å². The standard InChI is InChI=1S/2C26H31FN10O.2C15H20ClN5.C11H12FN5O/c2*1-26(2)13-16(10-17-6-5-9-36(17)26)30-23-21(28-3)14-29-24(32-23)31-20-12-22(37-25(38)35(4)33-34-37)18(11-19(20)27)15-7-8-15;2*1-15(2)8-10(7-11-5-4-6-21(11)15)19-13-12(17-3)9-18-14(16)20-13;1-16-11(18)17(15-14-16)10-5-9(13)8(12)4-7(10)6-2-3-6/h2*11-12,14-17H,5-10,13H2,1-2,4H3,(H2,29,30,31,32);2*9-11H,4-8H2,1-2H3,(H,18,19,20);4-6H,2-3,13H2,1H3/t2*16-,17+;2*10-,11+;/m1010./s1. The predicted octanol–water partition coefficient (Wildman–Crippen LogP) is 15.3. The quantitative estimate of drug-likeness (QED) is 0.0238. The van der Waals surface area contributed by atoms with Gasteiger partial charge in [0.1, 0.15) is 40.7 Å². The highest BCUT2D eigenvalue weighted by Crippen LogP contribution is 2.50. The molecule has 0 spiro atoms. The van der Waals surface area contributed by atoms with Gasteiger partial charge in [-0.05, 0) is 348 Å². The van der Waals surface area contributed by atoms with Gasteiger partial charge in [-0.2, -0.15) is 28.1 Å². The molecule has 0 radical (unpaired) electrons. The summed E-state index contributed by atoms with van der Waals surface area (Å²) < 4.78 is 50.9. The van der Waals surface area contributed by atoms with Gasteiger partial charge in [0.05, 0.1) is 60.4 Å². The summed E-state index contributed by atoms with van der Waals surface area (Å²) in [4.78, 5) is 95.4. The van der Waals surface area contributed by atoms with Gasteiger partial charge in [0.15, 0.2) is 0 Å². The topological polar surface area (TPSA) is 390 Å². The summed E-state index contributed by atoms with van der Waals surface area (Å²) in [5.41, 5.74) is 10.3. The van der Waals surface area contributed by atoms with E-state index < -0.39 is 28.8 Å². The normalized spacial score (nSPS) is 23.2. The number of aryl methyl sites for hydroxylation is 3. The van der Waals surface area contributed by atoms with Crippen molar-refractivity contribution in [3.05, 3.63) is 183 Å². The molecule has 38 nitrogen and oxygen atoms in total. The zero-order chi connectivity index (χ0) is 96.1. The molecular formula is C93H114Cl2F3N35O3. The molecule has 714 valence electrons. The van der Waals surface area contributed by atoms with Gasteiger partial charge in [-0.1, -0.05) is 0 Å². The molecule has 8 aliphatic heterocycles. The number of rotatable bonds is 18.